The van der Waals surface area contributed by atoms with Gasteiger partial charge in [-0.05, 0) is 19.1 Å². The number of rotatable bonds is 8. The Morgan fingerprint density at radius 3 is 2.31 bits per heavy atom. The number of nitrogens with zero attached hydrogens (tertiary/aromatic N) is 1. The summed E-state index contributed by atoms with van der Waals surface area (Å²) in [6, 6.07) is 0. The zero-order valence-electron chi connectivity index (χ0n) is 15.3. The lowest BCUT2D eigenvalue weighted by molar-refractivity contribution is -0.204. The summed E-state index contributed by atoms with van der Waals surface area (Å²) in [7, 11) is -17.3. The first-order chi connectivity index (χ1) is 14.2. The van der Waals surface area contributed by atoms with Crippen molar-refractivity contribution in [3.05, 3.63) is 21.4 Å². The molecule has 1 aromatic rings. The predicted octanol–water partition coefficient (Wildman–Crippen LogP) is 1.06. The Balaban J connectivity index is 2.26. The smallest absolute Gasteiger partial charge is 0.384 e. The van der Waals surface area contributed by atoms with Crippen LogP contribution in [0.4, 0.5) is 8.78 Å². The highest BCUT2D eigenvalue weighted by Crippen LogP contribution is 2.66. The molecule has 15 nitrogen and oxygen atoms in total. The highest BCUT2D eigenvalue weighted by molar-refractivity contribution is 7.72. The van der Waals surface area contributed by atoms with Crippen LogP contribution >= 0.6 is 47.9 Å². The van der Waals surface area contributed by atoms with Crippen LogP contribution in [0.5, 0.6) is 0 Å². The SMILES string of the molecule is CC1(O)C(n2cc(F)c(=S)[nH]c2=S)OC(F)(COP(=O)(O)OP(=O)(O)OP(=O)(O)O)C1O. The van der Waals surface area contributed by atoms with E-state index in [1.54, 1.807) is 0 Å². The standard InChI is InChI=1S/C10H15F2N2O13P3S2/c1-9(16)6(15)10(12,25-7(9)14-2-4(11)5(31)13-8(14)32)3-24-29(20,21)27-30(22,23)26-28(17,18)19/h2,6-7,15-16H,3H2,1H3,(H,20,21)(H,22,23)(H,13,31,32)(H2,17,18,19). The van der Waals surface area contributed by atoms with Gasteiger partial charge >= 0.3 is 23.5 Å². The van der Waals surface area contributed by atoms with Crippen LogP contribution in [-0.2, 0) is 31.6 Å². The Morgan fingerprint density at radius 1 is 1.22 bits per heavy atom. The summed E-state index contributed by atoms with van der Waals surface area (Å²) in [5.41, 5.74) is -2.56. The first-order valence-corrected chi connectivity index (χ1v) is 13.1. The molecule has 0 aliphatic carbocycles. The average Bonchev–Trinajstić information content (AvgIpc) is 2.74. The molecule has 184 valence electrons. The van der Waals surface area contributed by atoms with Crippen molar-refractivity contribution in [3.8, 4) is 0 Å². The van der Waals surface area contributed by atoms with E-state index in [9.17, 15) is 33.2 Å². The largest absolute Gasteiger partial charge is 0.490 e. The Kier molecular flexibility index (Phi) is 7.88. The van der Waals surface area contributed by atoms with Crippen molar-refractivity contribution in [1.82, 2.24) is 9.55 Å². The maximum Gasteiger partial charge on any atom is 0.490 e. The molecule has 7 N–H and O–H groups in total. The predicted molar refractivity (Wildman–Crippen MR) is 101 cm³/mol. The number of phosphoric ester groups is 1. The molecule has 6 atom stereocenters. The summed E-state index contributed by atoms with van der Waals surface area (Å²) in [4.78, 5) is 37.6. The van der Waals surface area contributed by atoms with E-state index in [1.165, 1.54) is 0 Å². The fourth-order valence-electron chi connectivity index (χ4n) is 2.50. The van der Waals surface area contributed by atoms with Crippen LogP contribution in [0.1, 0.15) is 13.2 Å². The number of aliphatic hydroxyl groups is 2. The van der Waals surface area contributed by atoms with E-state index in [0.29, 0.717) is 10.8 Å². The second-order valence-electron chi connectivity index (χ2n) is 6.39. The van der Waals surface area contributed by atoms with Crippen LogP contribution in [0.15, 0.2) is 6.20 Å². The zero-order chi connectivity index (χ0) is 24.9. The Labute approximate surface area is 186 Å². The number of H-pyrrole nitrogens is 1. The van der Waals surface area contributed by atoms with Gasteiger partial charge in [0.1, 0.15) is 23.0 Å². The van der Waals surface area contributed by atoms with Crippen LogP contribution in [0, 0.1) is 15.2 Å². The number of aliphatic hydroxyl groups excluding tert-OH is 1. The molecule has 6 unspecified atom stereocenters. The van der Waals surface area contributed by atoms with Crippen molar-refractivity contribution in [2.24, 2.45) is 0 Å². The molecule has 2 rings (SSSR count). The molecule has 2 heterocycles. The quantitative estimate of drug-likeness (QED) is 0.172. The summed E-state index contributed by atoms with van der Waals surface area (Å²) < 4.78 is 78.4. The van der Waals surface area contributed by atoms with Gasteiger partial charge in [0, 0.05) is 6.20 Å². The zero-order valence-corrected chi connectivity index (χ0v) is 19.7. The van der Waals surface area contributed by atoms with Crippen LogP contribution in [-0.4, -0.2) is 63.5 Å². The summed E-state index contributed by atoms with van der Waals surface area (Å²) in [5.74, 6) is -4.58. The second-order valence-corrected chi connectivity index (χ2v) is 11.6. The maximum absolute atomic E-state index is 15.2. The van der Waals surface area contributed by atoms with E-state index < -0.39 is 64.3 Å². The van der Waals surface area contributed by atoms with Gasteiger partial charge in [0.2, 0.25) is 0 Å². The van der Waals surface area contributed by atoms with Gasteiger partial charge in [0.25, 0.3) is 5.85 Å². The summed E-state index contributed by atoms with van der Waals surface area (Å²) in [6.45, 7) is -0.904. The number of aromatic amines is 1. The maximum atomic E-state index is 15.2. The average molecular weight is 566 g/mol. The molecule has 0 bridgehead atoms. The van der Waals surface area contributed by atoms with Crippen molar-refractivity contribution < 1.29 is 70.1 Å². The minimum Gasteiger partial charge on any atom is -0.384 e. The lowest BCUT2D eigenvalue weighted by Gasteiger charge is -2.28. The van der Waals surface area contributed by atoms with E-state index in [-0.39, 0.29) is 4.77 Å². The Hall–Kier alpha value is -0.330. The van der Waals surface area contributed by atoms with Gasteiger partial charge in [-0.3, -0.25) is 9.09 Å². The first-order valence-electron chi connectivity index (χ1n) is 7.76. The lowest BCUT2D eigenvalue weighted by atomic mass is 9.95. The van der Waals surface area contributed by atoms with Gasteiger partial charge in [-0.2, -0.15) is 8.62 Å². The highest BCUT2D eigenvalue weighted by atomic mass is 32.1. The van der Waals surface area contributed by atoms with Gasteiger partial charge in [-0.15, -0.1) is 0 Å². The van der Waals surface area contributed by atoms with Crippen molar-refractivity contribution in [2.75, 3.05) is 6.61 Å². The van der Waals surface area contributed by atoms with E-state index in [1.807, 2.05) is 0 Å². The molecule has 0 saturated carbocycles. The van der Waals surface area contributed by atoms with Gasteiger partial charge in [-0.25, -0.2) is 22.5 Å². The van der Waals surface area contributed by atoms with Crippen molar-refractivity contribution >= 4 is 47.9 Å². The van der Waals surface area contributed by atoms with Crippen LogP contribution in [0.3, 0.4) is 0 Å². The molecular weight excluding hydrogens is 551 g/mol. The third-order valence-electron chi connectivity index (χ3n) is 3.79. The fraction of sp³-hybridized carbons (Fsp3) is 0.600. The van der Waals surface area contributed by atoms with Crippen LogP contribution in [0.25, 0.3) is 0 Å². The minimum atomic E-state index is -5.89. The number of phosphoric acid groups is 3. The third kappa shape index (κ3) is 6.41. The molecule has 0 spiro atoms. The Morgan fingerprint density at radius 2 is 1.78 bits per heavy atom. The number of aromatic nitrogens is 2. The summed E-state index contributed by atoms with van der Waals surface area (Å²) in [5, 5.41) is 20.6. The van der Waals surface area contributed by atoms with Gasteiger partial charge in [0.15, 0.2) is 16.8 Å². The van der Waals surface area contributed by atoms with E-state index in [0.717, 1.165) is 6.92 Å². The van der Waals surface area contributed by atoms with E-state index in [4.69, 9.17) is 31.6 Å². The second kappa shape index (κ2) is 9.03. The number of alkyl halides is 1. The first kappa shape index (κ1) is 27.9. The lowest BCUT2D eigenvalue weighted by Crippen LogP contribution is -2.49. The number of hydrogen-bond acceptors (Lipinski definition) is 11. The van der Waals surface area contributed by atoms with Crippen LogP contribution in [0.2, 0.25) is 0 Å². The van der Waals surface area contributed by atoms with Crippen molar-refractivity contribution in [1.29, 1.82) is 0 Å². The number of nitrogens with one attached hydrogen (secondary N) is 1. The molecule has 1 aliphatic rings. The molecule has 0 amide bonds. The van der Waals surface area contributed by atoms with Gasteiger partial charge in [0.05, 0.1) is 0 Å². The Bertz CT molecular complexity index is 1150. The van der Waals surface area contributed by atoms with E-state index in [2.05, 4.69) is 30.3 Å². The molecule has 1 fully saturated rings. The van der Waals surface area contributed by atoms with Crippen molar-refractivity contribution in [2.45, 2.75) is 30.7 Å². The summed E-state index contributed by atoms with van der Waals surface area (Å²) in [6.07, 6.45) is -3.86. The van der Waals surface area contributed by atoms with Gasteiger partial charge in [-0.1, -0.05) is 12.2 Å². The normalized spacial score (nSPS) is 32.4. The molecule has 0 radical (unpaired) electrons. The molecule has 22 heteroatoms. The molecule has 0 aromatic carbocycles. The number of halogens is 2. The fourth-order valence-corrected chi connectivity index (χ4v) is 6.00. The molecule has 1 saturated heterocycles. The van der Waals surface area contributed by atoms with Crippen LogP contribution < -0.4 is 0 Å². The molecular formula is C10H15F2N2O13P3S2. The summed E-state index contributed by atoms with van der Waals surface area (Å²) >= 11 is 9.51. The number of hydrogen-bond donors (Lipinski definition) is 7. The monoisotopic (exact) mass is 566 g/mol. The third-order valence-corrected chi connectivity index (χ3v) is 8.18. The highest BCUT2D eigenvalue weighted by Gasteiger charge is 2.63. The molecule has 1 aromatic heterocycles. The van der Waals surface area contributed by atoms with Gasteiger partial charge < -0.3 is 39.5 Å². The molecule has 32 heavy (non-hydrogen) atoms. The molecule has 1 aliphatic heterocycles. The number of ether oxygens (including phenoxy) is 1. The van der Waals surface area contributed by atoms with Crippen molar-refractivity contribution in [3.63, 3.8) is 0 Å². The van der Waals surface area contributed by atoms with E-state index >= 15 is 4.39 Å². The topological polar surface area (TPSA) is 230 Å². The minimum absolute atomic E-state index is 0.369.